The van der Waals surface area contributed by atoms with Crippen molar-refractivity contribution in [2.75, 3.05) is 11.5 Å². The van der Waals surface area contributed by atoms with Crippen molar-refractivity contribution in [3.63, 3.8) is 0 Å². The molecule has 1 fully saturated rings. The second-order valence-corrected chi connectivity index (χ2v) is 8.18. The molecule has 0 N–H and O–H groups in total. The van der Waals surface area contributed by atoms with Crippen LogP contribution in [-0.2, 0) is 0 Å². The molecule has 0 aliphatic carbocycles. The van der Waals surface area contributed by atoms with Crippen molar-refractivity contribution in [2.45, 2.75) is 4.58 Å². The largest absolute Gasteiger partial charge is 0.269 e. The van der Waals surface area contributed by atoms with Crippen LogP contribution in [0.1, 0.15) is 10.3 Å². The molecular weight excluding hydrogens is 356 g/mol. The van der Waals surface area contributed by atoms with Crippen LogP contribution in [0.3, 0.4) is 0 Å². The van der Waals surface area contributed by atoms with E-state index in [2.05, 4.69) is 11.1 Å². The van der Waals surface area contributed by atoms with Crippen molar-refractivity contribution < 1.29 is 4.92 Å². The summed E-state index contributed by atoms with van der Waals surface area (Å²) >= 11 is 3.80. The van der Waals surface area contributed by atoms with E-state index in [1.807, 2.05) is 40.3 Å². The lowest BCUT2D eigenvalue weighted by atomic mass is 10.2. The monoisotopic (exact) mass is 370 g/mol. The van der Waals surface area contributed by atoms with Gasteiger partial charge in [-0.25, -0.2) is 4.68 Å². The van der Waals surface area contributed by atoms with Crippen molar-refractivity contribution in [1.29, 1.82) is 0 Å². The average Bonchev–Trinajstić information content (AvgIpc) is 3.32. The Labute approximate surface area is 152 Å². The quantitative estimate of drug-likeness (QED) is 0.503. The molecule has 2 aromatic heterocycles. The van der Waals surface area contributed by atoms with Crippen LogP contribution in [-0.4, -0.2) is 31.2 Å². The van der Waals surface area contributed by atoms with Gasteiger partial charge in [-0.1, -0.05) is 0 Å². The van der Waals surface area contributed by atoms with E-state index in [0.29, 0.717) is 4.58 Å². The predicted octanol–water partition coefficient (Wildman–Crippen LogP) is 4.32. The van der Waals surface area contributed by atoms with Gasteiger partial charge in [0.1, 0.15) is 0 Å². The standard InChI is InChI=1S/C17H14N4O2S2/c22-21(23)14-5-3-13(4-6-14)20-16(17-24-8-9-25-17)10-15(19-20)12-2-1-7-18-11-12/h1-7,10-11,17H,8-9H2. The van der Waals surface area contributed by atoms with Gasteiger partial charge < -0.3 is 0 Å². The molecule has 3 aromatic rings. The average molecular weight is 370 g/mol. The van der Waals surface area contributed by atoms with Crippen molar-refractivity contribution >= 4 is 29.2 Å². The molecule has 0 amide bonds. The number of rotatable bonds is 4. The number of nitrogens with zero attached hydrogens (tertiary/aromatic N) is 4. The van der Waals surface area contributed by atoms with E-state index in [9.17, 15) is 10.1 Å². The SMILES string of the molecule is O=[N+]([O-])c1ccc(-n2nc(-c3cccnc3)cc2C2SCCS2)cc1. The molecule has 126 valence electrons. The van der Waals surface area contributed by atoms with Crippen LogP contribution >= 0.6 is 23.5 Å². The van der Waals surface area contributed by atoms with Crippen molar-refractivity contribution in [3.8, 4) is 16.9 Å². The summed E-state index contributed by atoms with van der Waals surface area (Å²) < 4.78 is 2.20. The minimum atomic E-state index is -0.391. The summed E-state index contributed by atoms with van der Waals surface area (Å²) in [7, 11) is 0. The van der Waals surface area contributed by atoms with Crippen molar-refractivity contribution in [2.24, 2.45) is 0 Å². The molecule has 1 aromatic carbocycles. The van der Waals surface area contributed by atoms with Crippen LogP contribution in [0.15, 0.2) is 54.9 Å². The van der Waals surface area contributed by atoms with Gasteiger partial charge in [0.15, 0.2) is 0 Å². The van der Waals surface area contributed by atoms with Gasteiger partial charge >= 0.3 is 0 Å². The number of hydrogen-bond acceptors (Lipinski definition) is 6. The Balaban J connectivity index is 1.79. The highest BCUT2D eigenvalue weighted by Crippen LogP contribution is 2.46. The first kappa shape index (κ1) is 16.2. The van der Waals surface area contributed by atoms with E-state index in [-0.39, 0.29) is 5.69 Å². The van der Waals surface area contributed by atoms with Crippen LogP contribution in [0.4, 0.5) is 5.69 Å². The molecule has 3 heterocycles. The van der Waals surface area contributed by atoms with E-state index in [0.717, 1.165) is 34.1 Å². The maximum atomic E-state index is 10.9. The maximum absolute atomic E-state index is 10.9. The van der Waals surface area contributed by atoms with Gasteiger partial charge in [-0.3, -0.25) is 15.1 Å². The Morgan fingerprint density at radius 1 is 1.16 bits per heavy atom. The minimum Gasteiger partial charge on any atom is -0.264 e. The first-order valence-corrected chi connectivity index (χ1v) is 9.80. The fourth-order valence-corrected chi connectivity index (χ4v) is 5.51. The predicted molar refractivity (Wildman–Crippen MR) is 101 cm³/mol. The molecule has 1 aliphatic rings. The summed E-state index contributed by atoms with van der Waals surface area (Å²) in [4.78, 5) is 14.7. The third kappa shape index (κ3) is 3.27. The Kier molecular flexibility index (Phi) is 4.46. The summed E-state index contributed by atoms with van der Waals surface area (Å²) in [6, 6.07) is 12.5. The molecular formula is C17H14N4O2S2. The van der Waals surface area contributed by atoms with E-state index in [1.54, 1.807) is 24.5 Å². The Bertz CT molecular complexity index is 891. The molecule has 0 spiro atoms. The number of nitro groups is 1. The lowest BCUT2D eigenvalue weighted by Gasteiger charge is -2.11. The maximum Gasteiger partial charge on any atom is 0.269 e. The zero-order valence-electron chi connectivity index (χ0n) is 13.1. The number of non-ortho nitro benzene ring substituents is 1. The fraction of sp³-hybridized carbons (Fsp3) is 0.176. The third-order valence-corrected chi connectivity index (χ3v) is 6.91. The molecule has 0 atom stereocenters. The molecule has 0 radical (unpaired) electrons. The van der Waals surface area contributed by atoms with Gasteiger partial charge in [-0.2, -0.15) is 5.10 Å². The van der Waals surface area contributed by atoms with E-state index >= 15 is 0 Å². The highest BCUT2D eigenvalue weighted by Gasteiger charge is 2.24. The van der Waals surface area contributed by atoms with Crippen LogP contribution < -0.4 is 0 Å². The van der Waals surface area contributed by atoms with E-state index < -0.39 is 4.92 Å². The smallest absolute Gasteiger partial charge is 0.264 e. The molecule has 1 saturated heterocycles. The molecule has 8 heteroatoms. The Morgan fingerprint density at radius 2 is 1.92 bits per heavy atom. The summed E-state index contributed by atoms with van der Waals surface area (Å²) in [5, 5.41) is 15.6. The number of aromatic nitrogens is 3. The number of thioether (sulfide) groups is 2. The van der Waals surface area contributed by atoms with Gasteiger partial charge in [0, 0.05) is 41.6 Å². The number of benzene rings is 1. The topological polar surface area (TPSA) is 73.8 Å². The summed E-state index contributed by atoms with van der Waals surface area (Å²) in [6.07, 6.45) is 3.53. The molecule has 1 aliphatic heterocycles. The molecule has 25 heavy (non-hydrogen) atoms. The van der Waals surface area contributed by atoms with Gasteiger partial charge in [-0.05, 0) is 30.3 Å². The summed E-state index contributed by atoms with van der Waals surface area (Å²) in [6.45, 7) is 0. The van der Waals surface area contributed by atoms with Crippen LogP contribution in [0, 0.1) is 10.1 Å². The van der Waals surface area contributed by atoms with Gasteiger partial charge in [0.2, 0.25) is 0 Å². The third-order valence-electron chi connectivity index (χ3n) is 3.86. The fourth-order valence-electron chi connectivity index (χ4n) is 2.67. The highest BCUT2D eigenvalue weighted by atomic mass is 32.2. The lowest BCUT2D eigenvalue weighted by molar-refractivity contribution is -0.384. The van der Waals surface area contributed by atoms with Crippen LogP contribution in [0.25, 0.3) is 16.9 Å². The number of nitro benzene ring substituents is 1. The lowest BCUT2D eigenvalue weighted by Crippen LogP contribution is -2.03. The normalized spacial score (nSPS) is 14.7. The Morgan fingerprint density at radius 3 is 2.56 bits per heavy atom. The first-order valence-electron chi connectivity index (χ1n) is 7.71. The van der Waals surface area contributed by atoms with Gasteiger partial charge in [0.05, 0.1) is 26.6 Å². The molecule has 4 rings (SSSR count). The van der Waals surface area contributed by atoms with Crippen LogP contribution in [0.5, 0.6) is 0 Å². The molecule has 0 unspecified atom stereocenters. The van der Waals surface area contributed by atoms with E-state index in [4.69, 9.17) is 5.10 Å². The second kappa shape index (κ2) is 6.89. The van der Waals surface area contributed by atoms with Gasteiger partial charge in [0.25, 0.3) is 5.69 Å². The van der Waals surface area contributed by atoms with Crippen molar-refractivity contribution in [3.05, 3.63) is 70.7 Å². The van der Waals surface area contributed by atoms with Gasteiger partial charge in [-0.15, -0.1) is 23.5 Å². The summed E-state index contributed by atoms with van der Waals surface area (Å²) in [5.74, 6) is 2.23. The second-order valence-electron chi connectivity index (χ2n) is 5.45. The number of hydrogen-bond donors (Lipinski definition) is 0. The van der Waals surface area contributed by atoms with Crippen molar-refractivity contribution in [1.82, 2.24) is 14.8 Å². The van der Waals surface area contributed by atoms with E-state index in [1.165, 1.54) is 12.1 Å². The highest BCUT2D eigenvalue weighted by molar-refractivity contribution is 8.19. The zero-order chi connectivity index (χ0) is 17.2. The zero-order valence-corrected chi connectivity index (χ0v) is 14.7. The molecule has 6 nitrogen and oxygen atoms in total. The number of pyridine rings is 1. The van der Waals surface area contributed by atoms with Crippen LogP contribution in [0.2, 0.25) is 0 Å². The Hall–Kier alpha value is -2.32. The molecule has 0 saturated carbocycles. The molecule has 0 bridgehead atoms. The minimum absolute atomic E-state index is 0.0783. The summed E-state index contributed by atoms with van der Waals surface area (Å²) in [5.41, 5.74) is 3.81. The first-order chi connectivity index (χ1) is 12.2.